The van der Waals surface area contributed by atoms with E-state index in [2.05, 4.69) is 0 Å². The highest BCUT2D eigenvalue weighted by Gasteiger charge is 2.57. The molecule has 2 unspecified atom stereocenters. The Kier molecular flexibility index (Phi) is 2.37. The summed E-state index contributed by atoms with van der Waals surface area (Å²) in [6.07, 6.45) is -3.87. The monoisotopic (exact) mass is 218 g/mol. The molecule has 0 saturated carbocycles. The third-order valence-corrected chi connectivity index (χ3v) is 2.73. The predicted molar refractivity (Wildman–Crippen MR) is 47.1 cm³/mol. The summed E-state index contributed by atoms with van der Waals surface area (Å²) < 4.78 is 20.3. The number of rotatable bonds is 1. The van der Waals surface area contributed by atoms with Crippen LogP contribution in [0.1, 0.15) is 13.8 Å². The van der Waals surface area contributed by atoms with E-state index in [9.17, 15) is 9.90 Å². The number of methoxy groups -OCH3 is 1. The SMILES string of the molecule is CO[C@@H]1[C@H]2OC(=O)OC2C(O)OC1(C)C. The Morgan fingerprint density at radius 1 is 1.33 bits per heavy atom. The first-order valence-electron chi connectivity index (χ1n) is 4.71. The van der Waals surface area contributed by atoms with Gasteiger partial charge in [0.05, 0.1) is 5.60 Å². The molecular weight excluding hydrogens is 204 g/mol. The minimum Gasteiger partial charge on any atom is -0.424 e. The van der Waals surface area contributed by atoms with Crippen LogP contribution in [0.15, 0.2) is 0 Å². The molecule has 2 heterocycles. The van der Waals surface area contributed by atoms with Crippen LogP contribution < -0.4 is 0 Å². The van der Waals surface area contributed by atoms with Gasteiger partial charge in [0.1, 0.15) is 6.10 Å². The molecule has 0 aromatic heterocycles. The maximum Gasteiger partial charge on any atom is 0.509 e. The lowest BCUT2D eigenvalue weighted by molar-refractivity contribution is -0.291. The van der Waals surface area contributed by atoms with Crippen molar-refractivity contribution in [3.05, 3.63) is 0 Å². The fourth-order valence-electron chi connectivity index (χ4n) is 2.10. The predicted octanol–water partition coefficient (Wildman–Crippen LogP) is 0.0326. The van der Waals surface area contributed by atoms with Crippen molar-refractivity contribution in [2.75, 3.05) is 7.11 Å². The van der Waals surface area contributed by atoms with Crippen LogP contribution in [0.25, 0.3) is 0 Å². The van der Waals surface area contributed by atoms with Gasteiger partial charge in [-0.15, -0.1) is 0 Å². The van der Waals surface area contributed by atoms with Crippen molar-refractivity contribution in [3.8, 4) is 0 Å². The van der Waals surface area contributed by atoms with Gasteiger partial charge in [-0.05, 0) is 13.8 Å². The van der Waals surface area contributed by atoms with Crippen molar-refractivity contribution in [2.24, 2.45) is 0 Å². The number of carbonyl (C=O) groups excluding carboxylic acids is 1. The van der Waals surface area contributed by atoms with Gasteiger partial charge >= 0.3 is 6.16 Å². The molecule has 86 valence electrons. The summed E-state index contributed by atoms with van der Waals surface area (Å²) in [6, 6.07) is 0. The zero-order chi connectivity index (χ0) is 11.2. The third-order valence-electron chi connectivity index (χ3n) is 2.73. The van der Waals surface area contributed by atoms with Crippen molar-refractivity contribution in [2.45, 2.75) is 44.1 Å². The lowest BCUT2D eigenvalue weighted by atomic mass is 9.90. The molecule has 2 aliphatic heterocycles. The topological polar surface area (TPSA) is 74.2 Å². The summed E-state index contributed by atoms with van der Waals surface area (Å²) in [5.41, 5.74) is -0.733. The number of fused-ring (bicyclic) bond motifs is 1. The molecule has 0 radical (unpaired) electrons. The van der Waals surface area contributed by atoms with Crippen molar-refractivity contribution in [3.63, 3.8) is 0 Å². The standard InChI is InChI=1S/C9H14O6/c1-9(2)6(12-3)4-5(7(10)15-9)14-8(11)13-4/h4-7,10H,1-3H3/t4-,5?,6+,7?/m0/s1. The fraction of sp³-hybridized carbons (Fsp3) is 0.889. The minimum absolute atomic E-state index is 0.461. The quantitative estimate of drug-likeness (QED) is 0.626. The molecule has 0 spiro atoms. The minimum atomic E-state index is -1.18. The van der Waals surface area contributed by atoms with E-state index in [1.165, 1.54) is 7.11 Å². The molecule has 6 heteroatoms. The van der Waals surface area contributed by atoms with Crippen molar-refractivity contribution < 1.29 is 28.8 Å². The highest BCUT2D eigenvalue weighted by atomic mass is 16.8. The molecule has 1 N–H and O–H groups in total. The number of aliphatic hydroxyl groups is 1. The molecule has 15 heavy (non-hydrogen) atoms. The maximum absolute atomic E-state index is 11.0. The van der Waals surface area contributed by atoms with E-state index in [4.69, 9.17) is 18.9 Å². The Labute approximate surface area is 87.1 Å². The summed E-state index contributed by atoms with van der Waals surface area (Å²) in [5, 5.41) is 9.61. The first-order valence-corrected chi connectivity index (χ1v) is 4.71. The van der Waals surface area contributed by atoms with E-state index in [0.29, 0.717) is 0 Å². The molecule has 0 aromatic rings. The van der Waals surface area contributed by atoms with Crippen molar-refractivity contribution >= 4 is 6.16 Å². The zero-order valence-corrected chi connectivity index (χ0v) is 8.80. The van der Waals surface area contributed by atoms with E-state index in [1.807, 2.05) is 0 Å². The van der Waals surface area contributed by atoms with Gasteiger partial charge in [-0.25, -0.2) is 4.79 Å². The molecule has 2 rings (SSSR count). The highest BCUT2D eigenvalue weighted by Crippen LogP contribution is 2.36. The fourth-order valence-corrected chi connectivity index (χ4v) is 2.10. The molecule has 6 nitrogen and oxygen atoms in total. The molecule has 0 bridgehead atoms. The van der Waals surface area contributed by atoms with Crippen LogP contribution in [-0.2, 0) is 18.9 Å². The van der Waals surface area contributed by atoms with Gasteiger partial charge in [-0.1, -0.05) is 0 Å². The number of hydrogen-bond donors (Lipinski definition) is 1. The molecule has 0 amide bonds. The Morgan fingerprint density at radius 3 is 2.53 bits per heavy atom. The Hall–Kier alpha value is -0.850. The molecule has 4 atom stereocenters. The van der Waals surface area contributed by atoms with E-state index in [1.54, 1.807) is 13.8 Å². The third kappa shape index (κ3) is 1.58. The van der Waals surface area contributed by atoms with E-state index in [-0.39, 0.29) is 0 Å². The summed E-state index contributed by atoms with van der Waals surface area (Å²) in [6.45, 7) is 3.51. The van der Waals surface area contributed by atoms with E-state index >= 15 is 0 Å². The summed E-state index contributed by atoms with van der Waals surface area (Å²) in [7, 11) is 1.50. The van der Waals surface area contributed by atoms with E-state index < -0.39 is 36.4 Å². The molecular formula is C9H14O6. The number of aliphatic hydroxyl groups excluding tert-OH is 1. The van der Waals surface area contributed by atoms with E-state index in [0.717, 1.165) is 0 Å². The van der Waals surface area contributed by atoms with Crippen molar-refractivity contribution in [1.29, 1.82) is 0 Å². The Bertz CT molecular complexity index is 276. The zero-order valence-electron chi connectivity index (χ0n) is 8.80. The van der Waals surface area contributed by atoms with Gasteiger partial charge < -0.3 is 24.1 Å². The highest BCUT2D eigenvalue weighted by molar-refractivity contribution is 5.63. The van der Waals surface area contributed by atoms with Gasteiger partial charge in [0.15, 0.2) is 18.5 Å². The lowest BCUT2D eigenvalue weighted by Gasteiger charge is -2.43. The number of carbonyl (C=O) groups is 1. The van der Waals surface area contributed by atoms with Crippen LogP contribution >= 0.6 is 0 Å². The molecule has 2 fully saturated rings. The van der Waals surface area contributed by atoms with Gasteiger partial charge in [-0.3, -0.25) is 0 Å². The first kappa shape index (κ1) is 10.7. The van der Waals surface area contributed by atoms with Crippen LogP contribution in [0.3, 0.4) is 0 Å². The molecule has 0 aromatic carbocycles. The second-order valence-electron chi connectivity index (χ2n) is 4.18. The van der Waals surface area contributed by atoms with Gasteiger partial charge in [0, 0.05) is 7.11 Å². The second-order valence-corrected chi connectivity index (χ2v) is 4.18. The van der Waals surface area contributed by atoms with Crippen molar-refractivity contribution in [1.82, 2.24) is 0 Å². The Morgan fingerprint density at radius 2 is 1.93 bits per heavy atom. The van der Waals surface area contributed by atoms with Crippen LogP contribution in [0.2, 0.25) is 0 Å². The smallest absolute Gasteiger partial charge is 0.424 e. The normalized spacial score (nSPS) is 43.1. The van der Waals surface area contributed by atoms with Crippen LogP contribution in [-0.4, -0.2) is 48.6 Å². The second kappa shape index (κ2) is 3.33. The average Bonchev–Trinajstić information content (AvgIpc) is 2.46. The van der Waals surface area contributed by atoms with Crippen LogP contribution in [0.5, 0.6) is 0 Å². The summed E-state index contributed by atoms with van der Waals surface area (Å²) in [4.78, 5) is 11.0. The van der Waals surface area contributed by atoms with Gasteiger partial charge in [0.25, 0.3) is 0 Å². The van der Waals surface area contributed by atoms with Gasteiger partial charge in [0.2, 0.25) is 0 Å². The number of ether oxygens (including phenoxy) is 4. The largest absolute Gasteiger partial charge is 0.509 e. The molecule has 0 aliphatic carbocycles. The summed E-state index contributed by atoms with van der Waals surface area (Å²) >= 11 is 0. The van der Waals surface area contributed by atoms with Gasteiger partial charge in [-0.2, -0.15) is 0 Å². The first-order chi connectivity index (χ1) is 6.95. The summed E-state index contributed by atoms with van der Waals surface area (Å²) in [5.74, 6) is 0. The molecule has 2 saturated heterocycles. The number of hydrogen-bond acceptors (Lipinski definition) is 6. The Balaban J connectivity index is 2.26. The average molecular weight is 218 g/mol. The van der Waals surface area contributed by atoms with Crippen LogP contribution in [0.4, 0.5) is 4.79 Å². The lowest BCUT2D eigenvalue weighted by Crippen LogP contribution is -2.61. The van der Waals surface area contributed by atoms with Crippen LogP contribution in [0, 0.1) is 0 Å². The molecule has 2 aliphatic rings. The maximum atomic E-state index is 11.0.